The third-order valence-corrected chi connectivity index (χ3v) is 4.21. The monoisotopic (exact) mass is 293 g/mol. The maximum Gasteiger partial charge on any atom is 0.244 e. The normalized spacial score (nSPS) is 11.3. The number of nitrogen functional groups attached to an aromatic ring is 1. The molecule has 20 heavy (non-hydrogen) atoms. The van der Waals surface area contributed by atoms with E-state index >= 15 is 0 Å². The first-order chi connectivity index (χ1) is 9.54. The van der Waals surface area contributed by atoms with Gasteiger partial charge in [0.05, 0.1) is 17.9 Å². The van der Waals surface area contributed by atoms with E-state index in [1.165, 1.54) is 18.5 Å². The lowest BCUT2D eigenvalue weighted by Crippen LogP contribution is -2.26. The molecule has 0 saturated heterocycles. The summed E-state index contributed by atoms with van der Waals surface area (Å²) in [6, 6.07) is 5.15. The molecule has 0 aliphatic carbocycles. The van der Waals surface area contributed by atoms with Crippen molar-refractivity contribution in [1.82, 2.24) is 14.7 Å². The number of rotatable bonds is 5. The fourth-order valence-corrected chi connectivity index (χ4v) is 2.76. The van der Waals surface area contributed by atoms with Crippen LogP contribution in [0.25, 0.3) is 0 Å². The highest BCUT2D eigenvalue weighted by atomic mass is 32.2. The number of hydrogen-bond donors (Lipinski definition) is 3. The number of aromatic nitrogens is 2. The Labute approximate surface area is 117 Å². The molecule has 0 spiro atoms. The molecule has 0 atom stereocenters. The average molecular weight is 293 g/mol. The lowest BCUT2D eigenvalue weighted by atomic mass is 10.2. The van der Waals surface area contributed by atoms with Crippen LogP contribution < -0.4 is 16.0 Å². The van der Waals surface area contributed by atoms with E-state index in [0.29, 0.717) is 5.69 Å². The molecule has 7 nitrogen and oxygen atoms in total. The number of hydrogen-bond acceptors (Lipinski definition) is 6. The fraction of sp³-hybridized carbons (Fsp3) is 0.167. The van der Waals surface area contributed by atoms with E-state index in [-0.39, 0.29) is 17.1 Å². The van der Waals surface area contributed by atoms with Crippen molar-refractivity contribution in [3.05, 3.63) is 48.0 Å². The molecule has 0 aliphatic heterocycles. The summed E-state index contributed by atoms with van der Waals surface area (Å²) in [5.74, 6) is 5.30. The average Bonchev–Trinajstić information content (AvgIpc) is 2.46. The molecule has 2 aromatic heterocycles. The maximum atomic E-state index is 12.2. The molecule has 2 rings (SSSR count). The standard InChI is InChI=1S/C12H15N5O2S/c1-9-3-2-5-15-11(9)7-16-20(18,19)12-8-14-6-4-10(12)17-13/h2-6,8,16H,7,13H2,1H3,(H,14,17). The number of aryl methyl sites for hydroxylation is 1. The first-order valence-corrected chi connectivity index (χ1v) is 7.33. The predicted molar refractivity (Wildman–Crippen MR) is 75.0 cm³/mol. The molecule has 0 unspecified atom stereocenters. The van der Waals surface area contributed by atoms with Gasteiger partial charge in [-0.3, -0.25) is 15.8 Å². The van der Waals surface area contributed by atoms with Gasteiger partial charge in [0, 0.05) is 18.6 Å². The molecule has 0 aliphatic rings. The van der Waals surface area contributed by atoms with Gasteiger partial charge in [0.25, 0.3) is 0 Å². The van der Waals surface area contributed by atoms with Crippen molar-refractivity contribution in [2.75, 3.05) is 5.43 Å². The number of hydrazine groups is 1. The van der Waals surface area contributed by atoms with E-state index in [1.54, 1.807) is 12.3 Å². The van der Waals surface area contributed by atoms with Gasteiger partial charge in [0.15, 0.2) is 0 Å². The minimum Gasteiger partial charge on any atom is -0.323 e. The van der Waals surface area contributed by atoms with Crippen LogP contribution in [0.15, 0.2) is 41.7 Å². The molecule has 0 aromatic carbocycles. The summed E-state index contributed by atoms with van der Waals surface area (Å²) in [7, 11) is -3.71. The van der Waals surface area contributed by atoms with Crippen LogP contribution in [0.3, 0.4) is 0 Å². The summed E-state index contributed by atoms with van der Waals surface area (Å²) >= 11 is 0. The molecule has 8 heteroatoms. The molecule has 106 valence electrons. The molecule has 4 N–H and O–H groups in total. The van der Waals surface area contributed by atoms with E-state index in [0.717, 1.165) is 5.56 Å². The molecular weight excluding hydrogens is 278 g/mol. The minimum atomic E-state index is -3.71. The number of nitrogens with zero attached hydrogens (tertiary/aromatic N) is 2. The highest BCUT2D eigenvalue weighted by molar-refractivity contribution is 7.89. The van der Waals surface area contributed by atoms with Crippen molar-refractivity contribution in [3.63, 3.8) is 0 Å². The molecular formula is C12H15N5O2S. The molecule has 0 amide bonds. The van der Waals surface area contributed by atoms with Crippen molar-refractivity contribution in [1.29, 1.82) is 0 Å². The zero-order chi connectivity index (χ0) is 14.6. The van der Waals surface area contributed by atoms with Crippen LogP contribution in [0, 0.1) is 6.92 Å². The Kier molecular flexibility index (Phi) is 4.28. The molecule has 0 fully saturated rings. The summed E-state index contributed by atoms with van der Waals surface area (Å²) < 4.78 is 26.9. The zero-order valence-corrected chi connectivity index (χ0v) is 11.7. The Hall–Kier alpha value is -2.03. The molecule has 0 radical (unpaired) electrons. The molecule has 0 bridgehead atoms. The third-order valence-electron chi connectivity index (χ3n) is 2.78. The third kappa shape index (κ3) is 3.10. The largest absolute Gasteiger partial charge is 0.323 e. The number of anilines is 1. The highest BCUT2D eigenvalue weighted by Crippen LogP contribution is 2.18. The number of nitrogens with one attached hydrogen (secondary N) is 2. The molecule has 2 heterocycles. The van der Waals surface area contributed by atoms with Gasteiger partial charge in [-0.15, -0.1) is 0 Å². The lowest BCUT2D eigenvalue weighted by molar-refractivity contribution is 0.580. The maximum absolute atomic E-state index is 12.2. The summed E-state index contributed by atoms with van der Waals surface area (Å²) in [5.41, 5.74) is 4.20. The summed E-state index contributed by atoms with van der Waals surface area (Å²) in [5, 5.41) is 0. The Morgan fingerprint density at radius 2 is 2.10 bits per heavy atom. The van der Waals surface area contributed by atoms with Gasteiger partial charge < -0.3 is 5.43 Å². The molecule has 2 aromatic rings. The van der Waals surface area contributed by atoms with Crippen molar-refractivity contribution in [2.24, 2.45) is 5.84 Å². The quantitative estimate of drug-likeness (QED) is 0.548. The smallest absolute Gasteiger partial charge is 0.244 e. The van der Waals surface area contributed by atoms with E-state index < -0.39 is 10.0 Å². The second-order valence-electron chi connectivity index (χ2n) is 4.11. The first kappa shape index (κ1) is 14.4. The Balaban J connectivity index is 2.22. The van der Waals surface area contributed by atoms with Gasteiger partial charge >= 0.3 is 0 Å². The second kappa shape index (κ2) is 5.95. The summed E-state index contributed by atoms with van der Waals surface area (Å²) in [4.78, 5) is 7.93. The van der Waals surface area contributed by atoms with Gasteiger partial charge in [-0.1, -0.05) is 6.07 Å². The topological polar surface area (TPSA) is 110 Å². The zero-order valence-electron chi connectivity index (χ0n) is 10.9. The van der Waals surface area contributed by atoms with Crippen LogP contribution in [-0.2, 0) is 16.6 Å². The van der Waals surface area contributed by atoms with Crippen molar-refractivity contribution in [3.8, 4) is 0 Å². The number of sulfonamides is 1. The Morgan fingerprint density at radius 1 is 1.30 bits per heavy atom. The first-order valence-electron chi connectivity index (χ1n) is 5.85. The Bertz CT molecular complexity index is 702. The van der Waals surface area contributed by atoms with Crippen LogP contribution >= 0.6 is 0 Å². The fourth-order valence-electron chi connectivity index (χ4n) is 1.66. The van der Waals surface area contributed by atoms with Crippen LogP contribution in [0.5, 0.6) is 0 Å². The summed E-state index contributed by atoms with van der Waals surface area (Å²) in [6.45, 7) is 1.97. The lowest BCUT2D eigenvalue weighted by Gasteiger charge is -2.10. The van der Waals surface area contributed by atoms with E-state index in [9.17, 15) is 8.42 Å². The highest BCUT2D eigenvalue weighted by Gasteiger charge is 2.18. The number of nitrogens with two attached hydrogens (primary N) is 1. The van der Waals surface area contributed by atoms with Crippen LogP contribution in [-0.4, -0.2) is 18.4 Å². The van der Waals surface area contributed by atoms with Crippen molar-refractivity contribution in [2.45, 2.75) is 18.4 Å². The predicted octanol–water partition coefficient (Wildman–Crippen LogP) is 0.549. The van der Waals surface area contributed by atoms with Crippen LogP contribution in [0.2, 0.25) is 0 Å². The number of pyridine rings is 2. The van der Waals surface area contributed by atoms with Gasteiger partial charge in [0.2, 0.25) is 10.0 Å². The van der Waals surface area contributed by atoms with E-state index in [2.05, 4.69) is 20.1 Å². The SMILES string of the molecule is Cc1cccnc1CNS(=O)(=O)c1cnccc1NN. The Morgan fingerprint density at radius 3 is 2.80 bits per heavy atom. The van der Waals surface area contributed by atoms with E-state index in [1.807, 2.05) is 13.0 Å². The van der Waals surface area contributed by atoms with Gasteiger partial charge in [0.1, 0.15) is 4.90 Å². The summed E-state index contributed by atoms with van der Waals surface area (Å²) in [6.07, 6.45) is 4.31. The second-order valence-corrected chi connectivity index (χ2v) is 5.84. The van der Waals surface area contributed by atoms with Crippen LogP contribution in [0.1, 0.15) is 11.3 Å². The van der Waals surface area contributed by atoms with Gasteiger partial charge in [-0.05, 0) is 24.6 Å². The van der Waals surface area contributed by atoms with Crippen molar-refractivity contribution < 1.29 is 8.42 Å². The van der Waals surface area contributed by atoms with Crippen molar-refractivity contribution >= 4 is 15.7 Å². The molecule has 0 saturated carbocycles. The van der Waals surface area contributed by atoms with E-state index in [4.69, 9.17) is 5.84 Å². The minimum absolute atomic E-state index is 0.00363. The van der Waals surface area contributed by atoms with Gasteiger partial charge in [-0.2, -0.15) is 0 Å². The van der Waals surface area contributed by atoms with Gasteiger partial charge in [-0.25, -0.2) is 13.1 Å². The van der Waals surface area contributed by atoms with Crippen LogP contribution in [0.4, 0.5) is 5.69 Å².